The average molecular weight is 605 g/mol. The molecule has 4 aliphatic heterocycles. The summed E-state index contributed by atoms with van der Waals surface area (Å²) in [7, 11) is 0. The summed E-state index contributed by atoms with van der Waals surface area (Å²) >= 11 is 0. The molecule has 0 spiro atoms. The van der Waals surface area contributed by atoms with Gasteiger partial charge >= 0.3 is 0 Å². The third kappa shape index (κ3) is 5.73. The van der Waals surface area contributed by atoms with Crippen molar-refractivity contribution in [2.24, 2.45) is 0 Å². The summed E-state index contributed by atoms with van der Waals surface area (Å²) in [6, 6.07) is 10.3. The van der Waals surface area contributed by atoms with Crippen LogP contribution in [0.25, 0.3) is 0 Å². The lowest BCUT2D eigenvalue weighted by atomic mass is 9.64. The van der Waals surface area contributed by atoms with Crippen LogP contribution in [0.2, 0.25) is 0 Å². The van der Waals surface area contributed by atoms with E-state index in [-0.39, 0.29) is 35.8 Å². The molecule has 4 aliphatic rings. The van der Waals surface area contributed by atoms with Crippen molar-refractivity contribution in [1.29, 1.82) is 0 Å². The van der Waals surface area contributed by atoms with E-state index in [0.29, 0.717) is 26.4 Å². The van der Waals surface area contributed by atoms with E-state index in [4.69, 9.17) is 30.4 Å². The second-order valence-electron chi connectivity index (χ2n) is 14.0. The van der Waals surface area contributed by atoms with E-state index < -0.39 is 22.5 Å². The molecule has 4 unspecified atom stereocenters. The van der Waals surface area contributed by atoms with E-state index in [1.807, 2.05) is 12.1 Å². The molecule has 3 aromatic carbocycles. The van der Waals surface area contributed by atoms with Crippen LogP contribution in [0.4, 0.5) is 20.2 Å². The second-order valence-corrected chi connectivity index (χ2v) is 14.0. The van der Waals surface area contributed by atoms with Gasteiger partial charge < -0.3 is 30.4 Å². The average Bonchev–Trinajstić information content (AvgIpc) is 3.79. The molecule has 4 heterocycles. The summed E-state index contributed by atoms with van der Waals surface area (Å²) in [6.07, 6.45) is 3.37. The molecule has 0 bridgehead atoms. The summed E-state index contributed by atoms with van der Waals surface area (Å²) in [5.41, 5.74) is 20.0. The van der Waals surface area contributed by atoms with E-state index in [2.05, 4.69) is 27.7 Å². The first-order chi connectivity index (χ1) is 20.9. The summed E-state index contributed by atoms with van der Waals surface area (Å²) in [5.74, 6) is -0.841. The highest BCUT2D eigenvalue weighted by Crippen LogP contribution is 2.49. The van der Waals surface area contributed by atoms with Crippen molar-refractivity contribution in [1.82, 2.24) is 0 Å². The number of hydrogen-bond donors (Lipinski definition) is 2. The van der Waals surface area contributed by atoms with Crippen molar-refractivity contribution in [3.8, 4) is 0 Å². The zero-order valence-electron chi connectivity index (χ0n) is 26.0. The molecule has 3 aromatic rings. The summed E-state index contributed by atoms with van der Waals surface area (Å²) in [4.78, 5) is 0. The molecule has 6 nitrogen and oxygen atoms in total. The molecule has 0 aromatic heterocycles. The number of nitrogens with two attached hydrogens (primary N) is 2. The predicted molar refractivity (Wildman–Crippen MR) is 166 cm³/mol. The quantitative estimate of drug-likeness (QED) is 0.208. The monoisotopic (exact) mass is 604 g/mol. The van der Waals surface area contributed by atoms with Gasteiger partial charge in [0.2, 0.25) is 0 Å². The van der Waals surface area contributed by atoms with E-state index >= 15 is 8.78 Å². The molecule has 234 valence electrons. The van der Waals surface area contributed by atoms with Gasteiger partial charge in [0.15, 0.2) is 0 Å². The number of epoxide rings is 4. The number of rotatable bonds is 12. The number of ether oxygens (including phenoxy) is 4. The third-order valence-electron chi connectivity index (χ3n) is 9.97. The zero-order valence-corrected chi connectivity index (χ0v) is 26.0. The minimum atomic E-state index is -0.572. The van der Waals surface area contributed by atoms with Crippen molar-refractivity contribution in [3.05, 3.63) is 92.5 Å². The van der Waals surface area contributed by atoms with Crippen LogP contribution in [0.5, 0.6) is 0 Å². The predicted octanol–water partition coefficient (Wildman–Crippen LogP) is 5.55. The highest BCUT2D eigenvalue weighted by atomic mass is 19.1. The zero-order chi connectivity index (χ0) is 31.0. The van der Waals surface area contributed by atoms with Crippen molar-refractivity contribution in [3.63, 3.8) is 0 Å². The van der Waals surface area contributed by atoms with Crippen LogP contribution in [-0.2, 0) is 55.5 Å². The van der Waals surface area contributed by atoms with Crippen molar-refractivity contribution in [2.75, 3.05) is 37.9 Å². The van der Waals surface area contributed by atoms with Crippen LogP contribution < -0.4 is 11.5 Å². The van der Waals surface area contributed by atoms with Gasteiger partial charge in [-0.15, -0.1) is 0 Å². The van der Waals surface area contributed by atoms with Crippen LogP contribution in [-0.4, -0.2) is 50.8 Å². The highest BCUT2D eigenvalue weighted by molar-refractivity contribution is 5.63. The van der Waals surface area contributed by atoms with Gasteiger partial charge in [0.25, 0.3) is 0 Å². The molecular formula is C36H42F2N2O4. The fourth-order valence-electron chi connectivity index (χ4n) is 7.15. The molecule has 4 fully saturated rings. The Labute approximate surface area is 258 Å². The highest BCUT2D eigenvalue weighted by Gasteiger charge is 2.43. The molecule has 4 atom stereocenters. The lowest BCUT2D eigenvalue weighted by Crippen LogP contribution is -2.32. The summed E-state index contributed by atoms with van der Waals surface area (Å²) in [5, 5.41) is 0. The maximum absolute atomic E-state index is 15.0. The number of hydrogen-bond acceptors (Lipinski definition) is 6. The summed E-state index contributed by atoms with van der Waals surface area (Å²) in [6.45, 7) is 11.5. The first kappa shape index (κ1) is 29.7. The maximum atomic E-state index is 15.0. The van der Waals surface area contributed by atoms with Crippen LogP contribution in [0.1, 0.15) is 72.2 Å². The standard InChI is InChI=1S/C36H42F2N2O4/c1-35(2,19-5-7-31(39)29(37)9-19)33-25(11-21-15-41-21)27(13-23-17-43-23)34(36(3,4)20-6-8-32(40)30(38)10-20)28(14-24-18-44-24)26(33)12-22-16-42-22/h5-10,21-24H,11-18,39-40H2,1-4H3. The normalized spacial score (nSPS) is 24.0. The Kier molecular flexibility index (Phi) is 7.28. The van der Waals surface area contributed by atoms with E-state index in [0.717, 1.165) is 36.8 Å². The van der Waals surface area contributed by atoms with Crippen LogP contribution in [0.15, 0.2) is 36.4 Å². The van der Waals surface area contributed by atoms with Gasteiger partial charge in [0.05, 0.1) is 62.2 Å². The van der Waals surface area contributed by atoms with Crippen molar-refractivity contribution in [2.45, 2.75) is 88.6 Å². The SMILES string of the molecule is CC(C)(c1ccc(N)c(F)c1)c1c(CC2CO2)c(CC2CO2)c(C(C)(C)c2ccc(N)c(F)c2)c(CC2CO2)c1CC1CO1. The lowest BCUT2D eigenvalue weighted by molar-refractivity contribution is 0.393. The third-order valence-corrected chi connectivity index (χ3v) is 9.97. The Morgan fingerprint density at radius 1 is 0.568 bits per heavy atom. The molecule has 7 rings (SSSR count). The lowest BCUT2D eigenvalue weighted by Gasteiger charge is -2.40. The van der Waals surface area contributed by atoms with Gasteiger partial charge in [0, 0.05) is 36.5 Å². The Morgan fingerprint density at radius 3 is 1.07 bits per heavy atom. The van der Waals surface area contributed by atoms with Crippen molar-refractivity contribution >= 4 is 11.4 Å². The van der Waals surface area contributed by atoms with Crippen molar-refractivity contribution < 1.29 is 27.7 Å². The van der Waals surface area contributed by atoms with Gasteiger partial charge in [-0.25, -0.2) is 8.78 Å². The van der Waals surface area contributed by atoms with Gasteiger partial charge in [0.1, 0.15) is 11.6 Å². The minimum absolute atomic E-state index is 0.110. The van der Waals surface area contributed by atoms with E-state index in [1.165, 1.54) is 33.4 Å². The number of anilines is 2. The van der Waals surface area contributed by atoms with Gasteiger partial charge in [-0.1, -0.05) is 39.8 Å². The van der Waals surface area contributed by atoms with E-state index in [1.54, 1.807) is 24.3 Å². The topological polar surface area (TPSA) is 102 Å². The fraction of sp³-hybridized carbons (Fsp3) is 0.500. The molecule has 4 saturated heterocycles. The van der Waals surface area contributed by atoms with Gasteiger partial charge in [-0.3, -0.25) is 0 Å². The maximum Gasteiger partial charge on any atom is 0.146 e. The van der Waals surface area contributed by atoms with Crippen LogP contribution in [0, 0.1) is 11.6 Å². The number of halogens is 2. The van der Waals surface area contributed by atoms with Gasteiger partial charge in [-0.2, -0.15) is 0 Å². The molecule has 8 heteroatoms. The smallest absolute Gasteiger partial charge is 0.146 e. The summed E-state index contributed by atoms with van der Waals surface area (Å²) < 4.78 is 53.5. The minimum Gasteiger partial charge on any atom is -0.396 e. The fourth-order valence-corrected chi connectivity index (χ4v) is 7.15. The van der Waals surface area contributed by atoms with E-state index in [9.17, 15) is 0 Å². The number of benzene rings is 3. The molecule has 0 amide bonds. The number of nitrogen functional groups attached to an aromatic ring is 2. The molecule has 0 radical (unpaired) electrons. The molecule has 4 N–H and O–H groups in total. The Bertz CT molecular complexity index is 1430. The molecule has 0 saturated carbocycles. The Balaban J connectivity index is 1.55. The Hall–Kier alpha value is -3.04. The Morgan fingerprint density at radius 2 is 0.841 bits per heavy atom. The van der Waals surface area contributed by atoms with Crippen LogP contribution in [0.3, 0.4) is 0 Å². The molecular weight excluding hydrogens is 562 g/mol. The second kappa shape index (κ2) is 10.8. The first-order valence-corrected chi connectivity index (χ1v) is 15.7. The first-order valence-electron chi connectivity index (χ1n) is 15.7. The largest absolute Gasteiger partial charge is 0.396 e. The van der Waals surface area contributed by atoms with Gasteiger partial charge in [-0.05, 0) is 68.8 Å². The molecule has 0 aliphatic carbocycles. The molecule has 44 heavy (non-hydrogen) atoms. The van der Waals surface area contributed by atoms with Crippen LogP contribution >= 0.6 is 0 Å².